The van der Waals surface area contributed by atoms with Gasteiger partial charge in [-0.3, -0.25) is 9.59 Å². The molecule has 0 aromatic carbocycles. The summed E-state index contributed by atoms with van der Waals surface area (Å²) in [5.41, 5.74) is 0.963. The summed E-state index contributed by atoms with van der Waals surface area (Å²) in [4.78, 5) is 39.7. The van der Waals surface area contributed by atoms with E-state index in [9.17, 15) is 9.59 Å². The van der Waals surface area contributed by atoms with E-state index in [-0.39, 0.29) is 17.2 Å². The molecule has 2 saturated heterocycles. The van der Waals surface area contributed by atoms with Crippen molar-refractivity contribution in [2.24, 2.45) is 0 Å². The van der Waals surface area contributed by atoms with Crippen LogP contribution in [0.5, 0.6) is 0 Å². The summed E-state index contributed by atoms with van der Waals surface area (Å²) in [7, 11) is 0. The van der Waals surface area contributed by atoms with Crippen LogP contribution in [0.3, 0.4) is 0 Å². The Balaban J connectivity index is 1.41. The molecule has 0 N–H and O–H groups in total. The fourth-order valence-electron chi connectivity index (χ4n) is 4.06. The van der Waals surface area contributed by atoms with Gasteiger partial charge in [0.2, 0.25) is 5.91 Å². The molecule has 9 heteroatoms. The molecular weight excluding hydrogens is 438 g/mol. The Hall–Kier alpha value is -2.55. The number of carbonyl (C=O) groups is 2. The molecule has 0 radical (unpaired) electrons. The van der Waals surface area contributed by atoms with Gasteiger partial charge in [0, 0.05) is 57.7 Å². The maximum Gasteiger partial charge on any atom is 0.289 e. The SMILES string of the molecule is CC(=O)N1CCN(C(=O)c2ccc(CSc3nc(N4CCCC4)cc(C(C)(C)C)n3)o2)CC1. The molecule has 8 nitrogen and oxygen atoms in total. The minimum atomic E-state index is -0.128. The Morgan fingerprint density at radius 3 is 2.30 bits per heavy atom. The van der Waals surface area contributed by atoms with E-state index in [0.717, 1.165) is 35.5 Å². The molecule has 2 fully saturated rings. The number of furan rings is 1. The minimum Gasteiger partial charge on any atom is -0.455 e. The van der Waals surface area contributed by atoms with Gasteiger partial charge in [-0.15, -0.1) is 0 Å². The molecule has 0 spiro atoms. The normalized spacial score (nSPS) is 17.0. The number of piperazine rings is 1. The molecule has 4 heterocycles. The van der Waals surface area contributed by atoms with Gasteiger partial charge >= 0.3 is 0 Å². The summed E-state index contributed by atoms with van der Waals surface area (Å²) in [5, 5.41) is 0.731. The molecule has 33 heavy (non-hydrogen) atoms. The van der Waals surface area contributed by atoms with E-state index in [0.29, 0.717) is 37.7 Å². The Morgan fingerprint density at radius 1 is 1.00 bits per heavy atom. The predicted octanol–water partition coefficient (Wildman–Crippen LogP) is 3.56. The van der Waals surface area contributed by atoms with E-state index >= 15 is 0 Å². The largest absolute Gasteiger partial charge is 0.455 e. The molecule has 2 aromatic rings. The Labute approximate surface area is 199 Å². The molecular formula is C24H33N5O3S. The summed E-state index contributed by atoms with van der Waals surface area (Å²) in [6.45, 7) is 12.3. The highest BCUT2D eigenvalue weighted by atomic mass is 32.2. The summed E-state index contributed by atoms with van der Waals surface area (Å²) in [6.07, 6.45) is 2.40. The van der Waals surface area contributed by atoms with E-state index in [4.69, 9.17) is 14.4 Å². The minimum absolute atomic E-state index is 0.0463. The van der Waals surface area contributed by atoms with Crippen molar-refractivity contribution in [3.8, 4) is 0 Å². The third-order valence-corrected chi connectivity index (χ3v) is 6.99. The number of hydrogen-bond donors (Lipinski definition) is 0. The van der Waals surface area contributed by atoms with Crippen LogP contribution in [0.2, 0.25) is 0 Å². The number of thioether (sulfide) groups is 1. The van der Waals surface area contributed by atoms with Crippen LogP contribution in [0.1, 0.15) is 62.5 Å². The van der Waals surface area contributed by atoms with Gasteiger partial charge in [-0.1, -0.05) is 32.5 Å². The molecule has 0 saturated carbocycles. The van der Waals surface area contributed by atoms with Crippen LogP contribution in [0, 0.1) is 0 Å². The Bertz CT molecular complexity index is 1000. The number of nitrogens with zero attached hydrogens (tertiary/aromatic N) is 5. The third-order valence-electron chi connectivity index (χ3n) is 6.12. The smallest absolute Gasteiger partial charge is 0.289 e. The highest BCUT2D eigenvalue weighted by Crippen LogP contribution is 2.30. The number of aromatic nitrogens is 2. The first kappa shape index (κ1) is 23.6. The highest BCUT2D eigenvalue weighted by molar-refractivity contribution is 7.98. The van der Waals surface area contributed by atoms with E-state index in [1.54, 1.807) is 22.8 Å². The standard InChI is InChI=1S/C24H33N5O3S/c1-17(30)27-11-13-29(14-12-27)22(31)19-8-7-18(32-19)16-33-23-25-20(24(2,3)4)15-21(26-23)28-9-5-6-10-28/h7-8,15H,5-6,9-14,16H2,1-4H3. The lowest BCUT2D eigenvalue weighted by Gasteiger charge is -2.33. The van der Waals surface area contributed by atoms with Crippen LogP contribution in [0.15, 0.2) is 27.8 Å². The van der Waals surface area contributed by atoms with Crippen molar-refractivity contribution in [3.63, 3.8) is 0 Å². The highest BCUT2D eigenvalue weighted by Gasteiger charge is 2.26. The molecule has 0 unspecified atom stereocenters. The lowest BCUT2D eigenvalue weighted by atomic mass is 9.92. The zero-order chi connectivity index (χ0) is 23.6. The monoisotopic (exact) mass is 471 g/mol. The number of amides is 2. The maximum atomic E-state index is 12.8. The second kappa shape index (κ2) is 9.75. The molecule has 2 aliphatic rings. The summed E-state index contributed by atoms with van der Waals surface area (Å²) < 4.78 is 5.86. The first-order valence-electron chi connectivity index (χ1n) is 11.6. The lowest BCUT2D eigenvalue weighted by Crippen LogP contribution is -2.50. The van der Waals surface area contributed by atoms with Crippen LogP contribution in [-0.2, 0) is 16.0 Å². The first-order valence-corrected chi connectivity index (χ1v) is 12.6. The van der Waals surface area contributed by atoms with Crippen molar-refractivity contribution in [2.75, 3.05) is 44.2 Å². The van der Waals surface area contributed by atoms with Gasteiger partial charge in [0.25, 0.3) is 5.91 Å². The van der Waals surface area contributed by atoms with E-state index in [2.05, 4.69) is 31.7 Å². The third kappa shape index (κ3) is 5.69. The molecule has 0 atom stereocenters. The topological polar surface area (TPSA) is 82.8 Å². The van der Waals surface area contributed by atoms with Crippen LogP contribution < -0.4 is 4.90 Å². The number of hydrogen-bond acceptors (Lipinski definition) is 7. The number of anilines is 1. The summed E-state index contributed by atoms with van der Waals surface area (Å²) in [6, 6.07) is 5.70. The van der Waals surface area contributed by atoms with Gasteiger partial charge in [0.05, 0.1) is 11.4 Å². The Morgan fingerprint density at radius 2 is 1.67 bits per heavy atom. The molecule has 178 valence electrons. The van der Waals surface area contributed by atoms with Crippen LogP contribution in [0.4, 0.5) is 5.82 Å². The van der Waals surface area contributed by atoms with Gasteiger partial charge in [0.15, 0.2) is 10.9 Å². The number of rotatable bonds is 5. The van der Waals surface area contributed by atoms with Crippen molar-refractivity contribution in [1.29, 1.82) is 0 Å². The van der Waals surface area contributed by atoms with Gasteiger partial charge in [-0.2, -0.15) is 0 Å². The fraction of sp³-hybridized carbons (Fsp3) is 0.583. The molecule has 0 bridgehead atoms. The Kier molecular flexibility index (Phi) is 6.97. The summed E-state index contributed by atoms with van der Waals surface area (Å²) >= 11 is 1.53. The number of carbonyl (C=O) groups excluding carboxylic acids is 2. The van der Waals surface area contributed by atoms with Crippen molar-refractivity contribution < 1.29 is 14.0 Å². The van der Waals surface area contributed by atoms with Gasteiger partial charge in [0.1, 0.15) is 11.6 Å². The van der Waals surface area contributed by atoms with Gasteiger partial charge in [-0.25, -0.2) is 9.97 Å². The average molecular weight is 472 g/mol. The predicted molar refractivity (Wildman–Crippen MR) is 129 cm³/mol. The second-order valence-electron chi connectivity index (χ2n) is 9.69. The zero-order valence-electron chi connectivity index (χ0n) is 20.0. The fourth-order valence-corrected chi connectivity index (χ4v) is 4.80. The summed E-state index contributed by atoms with van der Waals surface area (Å²) in [5.74, 6) is 2.53. The zero-order valence-corrected chi connectivity index (χ0v) is 20.8. The van der Waals surface area contributed by atoms with E-state index < -0.39 is 0 Å². The van der Waals surface area contributed by atoms with E-state index in [1.165, 1.54) is 24.6 Å². The van der Waals surface area contributed by atoms with Crippen molar-refractivity contribution >= 4 is 29.4 Å². The van der Waals surface area contributed by atoms with Gasteiger partial charge < -0.3 is 19.1 Å². The molecule has 4 rings (SSSR count). The average Bonchev–Trinajstić information content (AvgIpc) is 3.49. The first-order chi connectivity index (χ1) is 15.7. The van der Waals surface area contributed by atoms with Gasteiger partial charge in [-0.05, 0) is 25.0 Å². The quantitative estimate of drug-likeness (QED) is 0.487. The molecule has 2 aliphatic heterocycles. The molecule has 0 aliphatic carbocycles. The second-order valence-corrected chi connectivity index (χ2v) is 10.6. The van der Waals surface area contributed by atoms with Crippen LogP contribution in [0.25, 0.3) is 0 Å². The molecule has 2 aromatic heterocycles. The van der Waals surface area contributed by atoms with Crippen LogP contribution in [-0.4, -0.2) is 70.9 Å². The lowest BCUT2D eigenvalue weighted by molar-refractivity contribution is -0.130. The van der Waals surface area contributed by atoms with Crippen molar-refractivity contribution in [3.05, 3.63) is 35.4 Å². The van der Waals surface area contributed by atoms with Crippen molar-refractivity contribution in [1.82, 2.24) is 19.8 Å². The van der Waals surface area contributed by atoms with E-state index in [1.807, 2.05) is 6.07 Å². The molecule has 2 amide bonds. The maximum absolute atomic E-state index is 12.8. The van der Waals surface area contributed by atoms with Crippen molar-refractivity contribution in [2.45, 2.75) is 56.9 Å². The van der Waals surface area contributed by atoms with Crippen LogP contribution >= 0.6 is 11.8 Å².